The van der Waals surface area contributed by atoms with Crippen molar-refractivity contribution in [2.45, 2.75) is 39.2 Å². The maximum Gasteiger partial charge on any atom is 0.170 e. The number of quaternary nitrogens is 1. The second-order valence-corrected chi connectivity index (χ2v) is 5.89. The number of hydrogen-bond acceptors (Lipinski definition) is 1. The van der Waals surface area contributed by atoms with Gasteiger partial charge in [-0.1, -0.05) is 19.1 Å². The van der Waals surface area contributed by atoms with E-state index in [1.54, 1.807) is 4.90 Å². The van der Waals surface area contributed by atoms with Crippen molar-refractivity contribution in [1.82, 2.24) is 5.32 Å². The highest BCUT2D eigenvalue weighted by Crippen LogP contribution is 2.09. The Balaban J connectivity index is 1.77. The second kappa shape index (κ2) is 7.60. The van der Waals surface area contributed by atoms with Crippen LogP contribution in [0.4, 0.5) is 5.69 Å². The molecule has 1 heterocycles. The van der Waals surface area contributed by atoms with E-state index in [-0.39, 0.29) is 0 Å². The lowest BCUT2D eigenvalue weighted by molar-refractivity contribution is -0.909. The van der Waals surface area contributed by atoms with Crippen molar-refractivity contribution in [3.8, 4) is 0 Å². The number of likely N-dealkylation sites (N-methyl/N-ethyl adjacent to an activating group) is 1. The minimum atomic E-state index is 0.710. The molecule has 0 spiro atoms. The molecule has 2 atom stereocenters. The smallest absolute Gasteiger partial charge is 0.170 e. The number of rotatable bonds is 5. The van der Waals surface area contributed by atoms with Crippen molar-refractivity contribution in [3.63, 3.8) is 0 Å². The average Bonchev–Trinajstić information content (AvgIpc) is 2.93. The summed E-state index contributed by atoms with van der Waals surface area (Å²) >= 11 is 5.38. The molecule has 1 aliphatic rings. The molecule has 0 bridgehead atoms. The molecule has 0 saturated carbocycles. The molecule has 0 aliphatic carbocycles. The Morgan fingerprint density at radius 2 is 2.05 bits per heavy atom. The van der Waals surface area contributed by atoms with Gasteiger partial charge in [0.1, 0.15) is 6.04 Å². The molecule has 2 rings (SSSR count). The highest BCUT2D eigenvalue weighted by Gasteiger charge is 2.26. The Bertz CT molecular complexity index is 430. The molecule has 1 unspecified atom stereocenters. The Morgan fingerprint density at radius 1 is 1.30 bits per heavy atom. The second-order valence-electron chi connectivity index (χ2n) is 5.49. The third kappa shape index (κ3) is 4.18. The van der Waals surface area contributed by atoms with E-state index < -0.39 is 0 Å². The van der Waals surface area contributed by atoms with E-state index in [0.29, 0.717) is 6.04 Å². The van der Waals surface area contributed by atoms with Crippen molar-refractivity contribution in [3.05, 3.63) is 29.8 Å². The predicted molar refractivity (Wildman–Crippen MR) is 89.4 cm³/mol. The number of benzene rings is 1. The quantitative estimate of drug-likeness (QED) is 0.720. The summed E-state index contributed by atoms with van der Waals surface area (Å²) in [5, 5.41) is 7.36. The predicted octanol–water partition coefficient (Wildman–Crippen LogP) is 1.60. The van der Waals surface area contributed by atoms with E-state index in [2.05, 4.69) is 48.7 Å². The number of aryl methyl sites for hydroxylation is 1. The van der Waals surface area contributed by atoms with Crippen LogP contribution >= 0.6 is 12.2 Å². The molecule has 20 heavy (non-hydrogen) atoms. The summed E-state index contributed by atoms with van der Waals surface area (Å²) in [7, 11) is 0. The van der Waals surface area contributed by atoms with Gasteiger partial charge in [0.05, 0.1) is 19.6 Å². The summed E-state index contributed by atoms with van der Waals surface area (Å²) < 4.78 is 0. The molecule has 0 amide bonds. The molecule has 1 aromatic rings. The zero-order chi connectivity index (χ0) is 14.4. The normalized spacial score (nSPS) is 21.7. The first-order valence-electron chi connectivity index (χ1n) is 7.71. The van der Waals surface area contributed by atoms with Gasteiger partial charge in [-0.25, -0.2) is 0 Å². The molecule has 3 nitrogen and oxygen atoms in total. The Kier molecular flexibility index (Phi) is 5.80. The van der Waals surface area contributed by atoms with Crippen molar-refractivity contribution >= 4 is 23.0 Å². The van der Waals surface area contributed by atoms with Gasteiger partial charge >= 0.3 is 0 Å². The third-order valence-electron chi connectivity index (χ3n) is 4.21. The molecule has 1 saturated heterocycles. The van der Waals surface area contributed by atoms with Crippen LogP contribution in [-0.4, -0.2) is 30.8 Å². The summed E-state index contributed by atoms with van der Waals surface area (Å²) in [6.45, 7) is 7.92. The van der Waals surface area contributed by atoms with Crippen LogP contribution in [0.5, 0.6) is 0 Å². The molecular weight excluding hydrogens is 266 g/mol. The van der Waals surface area contributed by atoms with Crippen molar-refractivity contribution < 1.29 is 4.90 Å². The van der Waals surface area contributed by atoms with Crippen LogP contribution in [0.2, 0.25) is 0 Å². The Morgan fingerprint density at radius 3 is 2.70 bits per heavy atom. The van der Waals surface area contributed by atoms with Crippen molar-refractivity contribution in [2.24, 2.45) is 0 Å². The van der Waals surface area contributed by atoms with Gasteiger partial charge in [0.25, 0.3) is 0 Å². The summed E-state index contributed by atoms with van der Waals surface area (Å²) in [5.41, 5.74) is 2.41. The monoisotopic (exact) mass is 292 g/mol. The van der Waals surface area contributed by atoms with Gasteiger partial charge in [-0.05, 0) is 43.3 Å². The number of hydrogen-bond donors (Lipinski definition) is 3. The summed E-state index contributed by atoms with van der Waals surface area (Å²) in [6.07, 6.45) is 3.72. The van der Waals surface area contributed by atoms with E-state index in [0.717, 1.165) is 23.8 Å². The summed E-state index contributed by atoms with van der Waals surface area (Å²) in [4.78, 5) is 1.70. The van der Waals surface area contributed by atoms with Crippen LogP contribution in [0.1, 0.15) is 32.3 Å². The van der Waals surface area contributed by atoms with Gasteiger partial charge in [0.2, 0.25) is 0 Å². The van der Waals surface area contributed by atoms with E-state index in [4.69, 9.17) is 12.2 Å². The first kappa shape index (κ1) is 15.3. The van der Waals surface area contributed by atoms with Gasteiger partial charge in [-0.15, -0.1) is 0 Å². The van der Waals surface area contributed by atoms with E-state index in [1.807, 2.05) is 0 Å². The highest BCUT2D eigenvalue weighted by atomic mass is 32.1. The van der Waals surface area contributed by atoms with Crippen LogP contribution < -0.4 is 15.5 Å². The van der Waals surface area contributed by atoms with E-state index >= 15 is 0 Å². The molecule has 1 fully saturated rings. The van der Waals surface area contributed by atoms with Gasteiger partial charge in [0, 0.05) is 18.5 Å². The van der Waals surface area contributed by atoms with Gasteiger partial charge in [-0.3, -0.25) is 0 Å². The highest BCUT2D eigenvalue weighted by molar-refractivity contribution is 7.80. The van der Waals surface area contributed by atoms with Gasteiger partial charge < -0.3 is 15.5 Å². The summed E-state index contributed by atoms with van der Waals surface area (Å²) in [6, 6.07) is 9.18. The topological polar surface area (TPSA) is 28.5 Å². The maximum absolute atomic E-state index is 5.38. The molecule has 110 valence electrons. The molecule has 1 aliphatic heterocycles. The molecule has 0 aromatic heterocycles. The fourth-order valence-corrected chi connectivity index (χ4v) is 3.11. The zero-order valence-corrected chi connectivity index (χ0v) is 13.4. The Hall–Kier alpha value is -1.13. The number of anilines is 1. The third-order valence-corrected chi connectivity index (χ3v) is 4.46. The number of likely N-dealkylation sites (tertiary alicyclic amines) is 1. The first-order valence-corrected chi connectivity index (χ1v) is 8.12. The van der Waals surface area contributed by atoms with Crippen LogP contribution in [0.25, 0.3) is 0 Å². The fourth-order valence-electron chi connectivity index (χ4n) is 2.91. The van der Waals surface area contributed by atoms with Gasteiger partial charge in [-0.2, -0.15) is 0 Å². The van der Waals surface area contributed by atoms with Crippen LogP contribution in [0.3, 0.4) is 0 Å². The lowest BCUT2D eigenvalue weighted by atomic mass is 10.1. The van der Waals surface area contributed by atoms with Crippen LogP contribution in [0.15, 0.2) is 24.3 Å². The molecule has 1 aromatic carbocycles. The number of thiocarbonyl (C=S) groups is 1. The minimum Gasteiger partial charge on any atom is -0.356 e. The molecule has 4 heteroatoms. The minimum absolute atomic E-state index is 0.710. The first-order chi connectivity index (χ1) is 9.72. The van der Waals surface area contributed by atoms with E-state index in [9.17, 15) is 0 Å². The zero-order valence-electron chi connectivity index (χ0n) is 12.5. The van der Waals surface area contributed by atoms with Crippen LogP contribution in [0, 0.1) is 0 Å². The van der Waals surface area contributed by atoms with Crippen molar-refractivity contribution in [2.75, 3.05) is 25.0 Å². The molecular formula is C16H26N3S+. The van der Waals surface area contributed by atoms with E-state index in [1.165, 1.54) is 31.5 Å². The van der Waals surface area contributed by atoms with Gasteiger partial charge in [0.15, 0.2) is 5.11 Å². The lowest BCUT2D eigenvalue weighted by Gasteiger charge is -2.21. The molecule has 0 radical (unpaired) electrons. The van der Waals surface area contributed by atoms with Crippen LogP contribution in [-0.2, 0) is 6.42 Å². The summed E-state index contributed by atoms with van der Waals surface area (Å²) in [5.74, 6) is 0. The molecule has 3 N–H and O–H groups in total. The van der Waals surface area contributed by atoms with Crippen molar-refractivity contribution in [1.29, 1.82) is 0 Å². The lowest BCUT2D eigenvalue weighted by Crippen LogP contribution is -3.14. The standard InChI is InChI=1S/C16H25N3S/c1-3-13-7-9-14(10-8-13)18-16(20)17-12-15-6-5-11-19(15)4-2/h7-10,15H,3-6,11-12H2,1-2H3,(H2,17,18,20)/p+1/t15-/m0/s1. The average molecular weight is 292 g/mol. The Labute approximate surface area is 127 Å². The fraction of sp³-hybridized carbons (Fsp3) is 0.562. The largest absolute Gasteiger partial charge is 0.356 e. The maximum atomic E-state index is 5.38. The number of nitrogens with one attached hydrogen (secondary N) is 3. The SMILES string of the molecule is CCc1ccc(NC(=S)NC[C@@H]2CCC[NH+]2CC)cc1.